The third-order valence-electron chi connectivity index (χ3n) is 3.85. The molecule has 3 nitrogen and oxygen atoms in total. The van der Waals surface area contributed by atoms with Crippen LogP contribution in [0.1, 0.15) is 73.1 Å². The molecule has 0 aromatic heterocycles. The predicted molar refractivity (Wildman–Crippen MR) is 105 cm³/mol. The summed E-state index contributed by atoms with van der Waals surface area (Å²) >= 11 is 0. The lowest BCUT2D eigenvalue weighted by Crippen LogP contribution is -2.03. The van der Waals surface area contributed by atoms with Crippen molar-refractivity contribution in [3.8, 4) is 0 Å². The van der Waals surface area contributed by atoms with Crippen molar-refractivity contribution in [2.24, 2.45) is 0 Å². The van der Waals surface area contributed by atoms with Crippen molar-refractivity contribution < 1.29 is 14.3 Å². The summed E-state index contributed by atoms with van der Waals surface area (Å²) in [6.45, 7) is 10.2. The third kappa shape index (κ3) is 15.4. The maximum Gasteiger partial charge on any atom is 0.302 e. The van der Waals surface area contributed by atoms with E-state index in [-0.39, 0.29) is 12.6 Å². The molecular weight excluding hydrogens is 312 g/mol. The molecule has 140 valence electrons. The minimum absolute atomic E-state index is 0.203. The first-order valence-electron chi connectivity index (χ1n) is 9.06. The molecule has 0 saturated carbocycles. The summed E-state index contributed by atoms with van der Waals surface area (Å²) in [5, 5.41) is 0. The van der Waals surface area contributed by atoms with Gasteiger partial charge in [-0.15, -0.1) is 0 Å². The number of hydrogen-bond donors (Lipinski definition) is 0. The lowest BCUT2D eigenvalue weighted by atomic mass is 10.0. The monoisotopic (exact) mass is 346 g/mol. The Labute approximate surface area is 153 Å². The van der Waals surface area contributed by atoms with E-state index in [0.717, 1.165) is 50.4 Å². The minimum atomic E-state index is -0.324. The SMILES string of the molecule is CC(=O)OCC(=CC=O)CCC=C(C)CCC=C(C)CCC=C(C)C. The highest BCUT2D eigenvalue weighted by Crippen LogP contribution is 2.13. The van der Waals surface area contributed by atoms with E-state index < -0.39 is 0 Å². The van der Waals surface area contributed by atoms with Gasteiger partial charge >= 0.3 is 5.97 Å². The minimum Gasteiger partial charge on any atom is -0.461 e. The van der Waals surface area contributed by atoms with E-state index in [4.69, 9.17) is 4.74 Å². The van der Waals surface area contributed by atoms with Gasteiger partial charge in [0.15, 0.2) is 0 Å². The van der Waals surface area contributed by atoms with Gasteiger partial charge in [0.05, 0.1) is 0 Å². The van der Waals surface area contributed by atoms with Gasteiger partial charge in [-0.2, -0.15) is 0 Å². The van der Waals surface area contributed by atoms with Gasteiger partial charge in [-0.3, -0.25) is 9.59 Å². The molecule has 0 amide bonds. The van der Waals surface area contributed by atoms with E-state index in [0.29, 0.717) is 0 Å². The first kappa shape index (κ1) is 23.1. The lowest BCUT2D eigenvalue weighted by molar-refractivity contribution is -0.140. The fraction of sp³-hybridized carbons (Fsp3) is 0.545. The quantitative estimate of drug-likeness (QED) is 0.192. The van der Waals surface area contributed by atoms with Gasteiger partial charge in [-0.25, -0.2) is 0 Å². The highest BCUT2D eigenvalue weighted by atomic mass is 16.5. The zero-order valence-corrected chi connectivity index (χ0v) is 16.6. The Morgan fingerprint density at radius 3 is 1.80 bits per heavy atom. The van der Waals surface area contributed by atoms with Crippen LogP contribution in [0.3, 0.4) is 0 Å². The number of aldehydes is 1. The van der Waals surface area contributed by atoms with Gasteiger partial charge in [0.25, 0.3) is 0 Å². The molecule has 0 aromatic carbocycles. The largest absolute Gasteiger partial charge is 0.461 e. The highest BCUT2D eigenvalue weighted by Gasteiger charge is 2.00. The molecule has 0 radical (unpaired) electrons. The molecule has 0 aliphatic carbocycles. The Kier molecular flexibility index (Phi) is 13.3. The molecular formula is C22H34O3. The molecule has 0 rings (SSSR count). The topological polar surface area (TPSA) is 43.4 Å². The molecule has 0 bridgehead atoms. The van der Waals surface area contributed by atoms with Crippen molar-refractivity contribution in [1.29, 1.82) is 0 Å². The Morgan fingerprint density at radius 1 is 0.800 bits per heavy atom. The Bertz CT molecular complexity index is 529. The molecule has 0 aliphatic heterocycles. The summed E-state index contributed by atoms with van der Waals surface area (Å²) in [4.78, 5) is 21.5. The molecule has 3 heteroatoms. The van der Waals surface area contributed by atoms with Crippen molar-refractivity contribution in [3.63, 3.8) is 0 Å². The van der Waals surface area contributed by atoms with Gasteiger partial charge < -0.3 is 4.74 Å². The van der Waals surface area contributed by atoms with Crippen LogP contribution in [0.2, 0.25) is 0 Å². The van der Waals surface area contributed by atoms with Gasteiger partial charge in [-0.1, -0.05) is 34.9 Å². The molecule has 0 spiro atoms. The van der Waals surface area contributed by atoms with Crippen molar-refractivity contribution in [2.45, 2.75) is 73.1 Å². The second kappa shape index (κ2) is 14.4. The second-order valence-electron chi connectivity index (χ2n) is 6.74. The molecule has 25 heavy (non-hydrogen) atoms. The van der Waals surface area contributed by atoms with Crippen molar-refractivity contribution in [1.82, 2.24) is 0 Å². The van der Waals surface area contributed by atoms with Crippen molar-refractivity contribution in [2.75, 3.05) is 6.61 Å². The summed E-state index contributed by atoms with van der Waals surface area (Å²) in [5.74, 6) is -0.324. The molecule has 0 atom stereocenters. The van der Waals surface area contributed by atoms with Crippen LogP contribution in [0.15, 0.2) is 46.6 Å². The summed E-state index contributed by atoms with van der Waals surface area (Å²) in [6.07, 6.45) is 15.0. The van der Waals surface area contributed by atoms with Gasteiger partial charge in [0, 0.05) is 6.92 Å². The summed E-state index contributed by atoms with van der Waals surface area (Å²) in [6, 6.07) is 0. The van der Waals surface area contributed by atoms with E-state index >= 15 is 0 Å². The maximum absolute atomic E-state index is 10.8. The van der Waals surface area contributed by atoms with Crippen LogP contribution in [0, 0.1) is 0 Å². The Morgan fingerprint density at radius 2 is 1.32 bits per heavy atom. The van der Waals surface area contributed by atoms with Crippen LogP contribution in [0.25, 0.3) is 0 Å². The van der Waals surface area contributed by atoms with Crippen molar-refractivity contribution in [3.05, 3.63) is 46.6 Å². The summed E-state index contributed by atoms with van der Waals surface area (Å²) < 4.78 is 4.95. The Hall–Kier alpha value is -1.90. The normalized spacial score (nSPS) is 12.8. The number of carbonyl (C=O) groups excluding carboxylic acids is 2. The molecule has 0 saturated heterocycles. The average molecular weight is 347 g/mol. The van der Waals surface area contributed by atoms with Crippen molar-refractivity contribution >= 4 is 12.3 Å². The third-order valence-corrected chi connectivity index (χ3v) is 3.85. The number of esters is 1. The fourth-order valence-electron chi connectivity index (χ4n) is 2.34. The molecule has 0 unspecified atom stereocenters. The van der Waals surface area contributed by atoms with Crippen LogP contribution in [0.4, 0.5) is 0 Å². The smallest absolute Gasteiger partial charge is 0.302 e. The van der Waals surface area contributed by atoms with Crippen LogP contribution in [-0.2, 0) is 14.3 Å². The Balaban J connectivity index is 4.18. The first-order chi connectivity index (χ1) is 11.8. The summed E-state index contributed by atoms with van der Waals surface area (Å²) in [7, 11) is 0. The van der Waals surface area contributed by atoms with Crippen LogP contribution in [0.5, 0.6) is 0 Å². The lowest BCUT2D eigenvalue weighted by Gasteiger charge is -2.06. The number of hydrogen-bond acceptors (Lipinski definition) is 3. The highest BCUT2D eigenvalue weighted by molar-refractivity contribution is 5.68. The van der Waals surface area contributed by atoms with E-state index in [1.165, 1.54) is 29.7 Å². The van der Waals surface area contributed by atoms with Gasteiger partial charge in [0.1, 0.15) is 12.9 Å². The first-order valence-corrected chi connectivity index (χ1v) is 9.06. The van der Waals surface area contributed by atoms with Crippen LogP contribution < -0.4 is 0 Å². The number of rotatable bonds is 12. The van der Waals surface area contributed by atoms with E-state index in [2.05, 4.69) is 45.9 Å². The maximum atomic E-state index is 10.8. The standard InChI is InChI=1S/C22H34O3/c1-18(2)9-6-10-19(3)11-7-12-20(4)13-8-14-22(15-16-23)17-25-21(5)24/h9,11,13,15-16H,6-8,10,12,14,17H2,1-5H3. The predicted octanol–water partition coefficient (Wildman–Crippen LogP) is 5.87. The van der Waals surface area contributed by atoms with Gasteiger partial charge in [-0.05, 0) is 77.9 Å². The molecule has 0 aromatic rings. The zero-order valence-electron chi connectivity index (χ0n) is 16.6. The molecule has 0 heterocycles. The van der Waals surface area contributed by atoms with E-state index in [9.17, 15) is 9.59 Å². The van der Waals surface area contributed by atoms with E-state index in [1.807, 2.05) is 0 Å². The number of carbonyl (C=O) groups is 2. The fourth-order valence-corrected chi connectivity index (χ4v) is 2.34. The van der Waals surface area contributed by atoms with Gasteiger partial charge in [0.2, 0.25) is 0 Å². The molecule has 0 fully saturated rings. The molecule has 0 aliphatic rings. The zero-order chi connectivity index (χ0) is 19.1. The second-order valence-corrected chi connectivity index (χ2v) is 6.74. The number of ether oxygens (including phenoxy) is 1. The average Bonchev–Trinajstić information content (AvgIpc) is 2.52. The number of allylic oxidation sites excluding steroid dienone is 7. The summed E-state index contributed by atoms with van der Waals surface area (Å²) in [5.41, 5.74) is 5.03. The van der Waals surface area contributed by atoms with Crippen LogP contribution >= 0.6 is 0 Å². The van der Waals surface area contributed by atoms with E-state index in [1.54, 1.807) is 0 Å². The molecule has 0 N–H and O–H groups in total. The van der Waals surface area contributed by atoms with Crippen LogP contribution in [-0.4, -0.2) is 18.9 Å².